The van der Waals surface area contributed by atoms with Crippen molar-refractivity contribution in [2.45, 2.75) is 104 Å². The van der Waals surface area contributed by atoms with E-state index < -0.39 is 56.0 Å². The highest BCUT2D eigenvalue weighted by molar-refractivity contribution is 7.90. The van der Waals surface area contributed by atoms with Crippen molar-refractivity contribution in [2.75, 3.05) is 19.8 Å². The Labute approximate surface area is 301 Å². The number of fused-ring (bicyclic) bond motifs is 3. The highest BCUT2D eigenvalue weighted by Crippen LogP contribution is 2.58. The fourth-order valence-corrected chi connectivity index (χ4v) is 9.13. The molecule has 11 nitrogen and oxygen atoms in total. The number of rotatable bonds is 7. The van der Waals surface area contributed by atoms with Gasteiger partial charge in [0.1, 0.15) is 11.9 Å². The number of carbonyl (C=O) groups excluding carboxylic acids is 4. The predicted molar refractivity (Wildman–Crippen MR) is 193 cm³/mol. The van der Waals surface area contributed by atoms with Crippen molar-refractivity contribution in [3.8, 4) is 5.88 Å². The van der Waals surface area contributed by atoms with Gasteiger partial charge in [-0.15, -0.1) is 0 Å². The number of hydrogen-bond acceptors (Lipinski definition) is 9. The second-order valence-corrected chi connectivity index (χ2v) is 18.2. The van der Waals surface area contributed by atoms with Crippen molar-refractivity contribution in [3.63, 3.8) is 0 Å². The molecule has 0 unspecified atom stereocenters. The number of aromatic nitrogens is 1. The van der Waals surface area contributed by atoms with Gasteiger partial charge in [-0.05, 0) is 66.2 Å². The molecule has 2 saturated carbocycles. The lowest BCUT2D eigenvalue weighted by Gasteiger charge is -2.35. The molecule has 51 heavy (non-hydrogen) atoms. The highest BCUT2D eigenvalue weighted by Gasteiger charge is 2.62. The Morgan fingerprint density at radius 3 is 2.57 bits per heavy atom. The van der Waals surface area contributed by atoms with Crippen molar-refractivity contribution in [3.05, 3.63) is 41.6 Å². The van der Waals surface area contributed by atoms with E-state index in [9.17, 15) is 27.6 Å². The molecule has 0 radical (unpaired) electrons. The quantitative estimate of drug-likeness (QED) is 0.409. The topological polar surface area (TPSA) is 149 Å². The van der Waals surface area contributed by atoms with Crippen LogP contribution in [0, 0.1) is 35.5 Å². The Hall–Kier alpha value is -3.64. The van der Waals surface area contributed by atoms with Gasteiger partial charge < -0.3 is 14.4 Å². The van der Waals surface area contributed by atoms with Crippen molar-refractivity contribution in [1.82, 2.24) is 14.6 Å². The molecular formula is C39H51N3O8S. The summed E-state index contributed by atoms with van der Waals surface area (Å²) in [4.78, 5) is 62.3. The SMILES string of the molecule is CC[C@@H]1C[C@]1(CC(=O)[C@@H]1C[C@@H]2CN1C(=O)[C@H](C(C)(C)C)CC(=O)[C@@H](C)COC/C=C/c1cc3c(nccc3cc1C)O2)C(=O)NS(=O)(=O)C1CC1. The number of ether oxygens (including phenoxy) is 2. The zero-order valence-corrected chi connectivity index (χ0v) is 31.4. The number of Topliss-reactive ketones (excluding diaryl/α,β-unsaturated/α-hetero) is 2. The molecule has 4 bridgehead atoms. The first-order valence-corrected chi connectivity index (χ1v) is 19.8. The summed E-state index contributed by atoms with van der Waals surface area (Å²) < 4.78 is 40.2. The zero-order chi connectivity index (χ0) is 36.9. The van der Waals surface area contributed by atoms with Crippen LogP contribution in [0.25, 0.3) is 16.8 Å². The van der Waals surface area contributed by atoms with Crippen LogP contribution in [0.15, 0.2) is 30.5 Å². The van der Waals surface area contributed by atoms with E-state index in [2.05, 4.69) is 15.8 Å². The first kappa shape index (κ1) is 37.1. The van der Waals surface area contributed by atoms with E-state index in [0.29, 0.717) is 38.2 Å². The first-order chi connectivity index (χ1) is 24.0. The van der Waals surface area contributed by atoms with Crippen LogP contribution >= 0.6 is 0 Å². The van der Waals surface area contributed by atoms with E-state index in [4.69, 9.17) is 9.47 Å². The summed E-state index contributed by atoms with van der Waals surface area (Å²) in [7, 11) is -3.80. The third-order valence-electron chi connectivity index (χ3n) is 11.4. The number of ketones is 2. The van der Waals surface area contributed by atoms with Crippen LogP contribution < -0.4 is 9.46 Å². The molecule has 2 aromatic rings. The smallest absolute Gasteiger partial charge is 0.240 e. The summed E-state index contributed by atoms with van der Waals surface area (Å²) in [6.07, 6.45) is 6.98. The van der Waals surface area contributed by atoms with E-state index in [1.165, 1.54) is 0 Å². The normalized spacial score (nSPS) is 29.7. The van der Waals surface area contributed by atoms with E-state index in [-0.39, 0.29) is 55.8 Å². The van der Waals surface area contributed by atoms with Crippen molar-refractivity contribution in [2.24, 2.45) is 28.6 Å². The molecule has 3 fully saturated rings. The largest absolute Gasteiger partial charge is 0.472 e. The van der Waals surface area contributed by atoms with Gasteiger partial charge in [-0.3, -0.25) is 23.9 Å². The van der Waals surface area contributed by atoms with Crippen LogP contribution in [-0.4, -0.2) is 78.8 Å². The molecule has 2 aliphatic carbocycles. The second-order valence-electron chi connectivity index (χ2n) is 16.2. The molecule has 276 valence electrons. The number of amides is 2. The van der Waals surface area contributed by atoms with Crippen LogP contribution in [0.4, 0.5) is 0 Å². The summed E-state index contributed by atoms with van der Waals surface area (Å²) in [5.41, 5.74) is 0.248. The van der Waals surface area contributed by atoms with Gasteiger partial charge >= 0.3 is 0 Å². The number of benzene rings is 1. The van der Waals surface area contributed by atoms with Crippen LogP contribution in [0.2, 0.25) is 0 Å². The molecule has 1 saturated heterocycles. The molecule has 12 heteroatoms. The fourth-order valence-electron chi connectivity index (χ4n) is 7.75. The lowest BCUT2D eigenvalue weighted by molar-refractivity contribution is -0.147. The minimum atomic E-state index is -3.80. The summed E-state index contributed by atoms with van der Waals surface area (Å²) in [5, 5.41) is 1.16. The number of hydrogen-bond donors (Lipinski definition) is 1. The Bertz CT molecular complexity index is 1860. The average molecular weight is 722 g/mol. The number of carbonyl (C=O) groups is 4. The Balaban J connectivity index is 1.35. The first-order valence-electron chi connectivity index (χ1n) is 18.3. The Kier molecular flexibility index (Phi) is 10.2. The molecule has 0 spiro atoms. The highest BCUT2D eigenvalue weighted by atomic mass is 32.2. The maximum atomic E-state index is 14.6. The number of nitrogens with zero attached hydrogens (tertiary/aromatic N) is 2. The number of sulfonamides is 1. The van der Waals surface area contributed by atoms with E-state index in [1.807, 2.05) is 58.9 Å². The summed E-state index contributed by atoms with van der Waals surface area (Å²) in [6, 6.07) is 5.05. The van der Waals surface area contributed by atoms with Crippen LogP contribution in [-0.2, 0) is 33.9 Å². The second kappa shape index (κ2) is 14.1. The Morgan fingerprint density at radius 1 is 1.16 bits per heavy atom. The third kappa shape index (κ3) is 7.77. The van der Waals surface area contributed by atoms with Gasteiger partial charge in [-0.2, -0.15) is 0 Å². The third-order valence-corrected chi connectivity index (χ3v) is 13.2. The van der Waals surface area contributed by atoms with Gasteiger partial charge in [0.2, 0.25) is 27.7 Å². The zero-order valence-electron chi connectivity index (χ0n) is 30.6. The molecule has 2 amide bonds. The molecule has 1 aromatic heterocycles. The molecule has 2 aliphatic heterocycles. The molecule has 3 heterocycles. The van der Waals surface area contributed by atoms with Crippen molar-refractivity contribution in [1.29, 1.82) is 0 Å². The Morgan fingerprint density at radius 2 is 1.90 bits per heavy atom. The van der Waals surface area contributed by atoms with Gasteiger partial charge in [-0.1, -0.05) is 59.3 Å². The van der Waals surface area contributed by atoms with Crippen LogP contribution in [0.3, 0.4) is 0 Å². The van der Waals surface area contributed by atoms with Gasteiger partial charge in [-0.25, -0.2) is 13.4 Å². The molecule has 1 aromatic carbocycles. The summed E-state index contributed by atoms with van der Waals surface area (Å²) in [5.74, 6) is -2.30. The van der Waals surface area contributed by atoms with Gasteiger partial charge in [0.15, 0.2) is 5.78 Å². The molecule has 6 rings (SSSR count). The van der Waals surface area contributed by atoms with Gasteiger partial charge in [0.25, 0.3) is 0 Å². The fraction of sp³-hybridized carbons (Fsp3) is 0.615. The minimum Gasteiger partial charge on any atom is -0.472 e. The van der Waals surface area contributed by atoms with Crippen molar-refractivity contribution >= 4 is 50.3 Å². The molecular weight excluding hydrogens is 671 g/mol. The van der Waals surface area contributed by atoms with Crippen LogP contribution in [0.1, 0.15) is 90.7 Å². The van der Waals surface area contributed by atoms with E-state index >= 15 is 0 Å². The average Bonchev–Trinajstić information content (AvgIpc) is 3.99. The maximum absolute atomic E-state index is 14.6. The minimum absolute atomic E-state index is 0.0143. The summed E-state index contributed by atoms with van der Waals surface area (Å²) in [6.45, 7) is 12.1. The lowest BCUT2D eigenvalue weighted by atomic mass is 9.75. The van der Waals surface area contributed by atoms with Crippen molar-refractivity contribution < 1.29 is 37.1 Å². The van der Waals surface area contributed by atoms with Gasteiger partial charge in [0, 0.05) is 42.7 Å². The van der Waals surface area contributed by atoms with Crippen LogP contribution in [0.5, 0.6) is 5.88 Å². The molecule has 4 aliphatic rings. The monoisotopic (exact) mass is 721 g/mol. The summed E-state index contributed by atoms with van der Waals surface area (Å²) >= 11 is 0. The molecule has 1 N–H and O–H groups in total. The maximum Gasteiger partial charge on any atom is 0.240 e. The van der Waals surface area contributed by atoms with Gasteiger partial charge in [0.05, 0.1) is 36.5 Å². The number of nitrogens with one attached hydrogen (secondary N) is 1. The standard InChI is InChI=1S/C39H51N3O8S/c1-7-27-19-39(27,37(46)41-51(47,48)29-10-11-29)20-34(44)32-17-28-21-42(32)36(45)31(38(4,5)6)18-33(43)24(3)22-49-14-8-9-25-16-30-26(15-23(25)2)12-13-40-35(30)50-28/h8-9,12-13,15-16,24,27-29,31-32H,7,10-11,14,17-22H2,1-6H3,(H,41,46)/b9-8+/t24-,27+,28+,31+,32-,39+/m0/s1. The lowest BCUT2D eigenvalue weighted by Crippen LogP contribution is -2.49. The predicted octanol–water partition coefficient (Wildman–Crippen LogP) is 5.18. The number of pyridine rings is 1. The van der Waals surface area contributed by atoms with E-state index in [0.717, 1.165) is 21.9 Å². The number of aryl methyl sites for hydroxylation is 1. The molecule has 6 atom stereocenters. The van der Waals surface area contributed by atoms with E-state index in [1.54, 1.807) is 18.0 Å².